The van der Waals surface area contributed by atoms with Gasteiger partial charge in [0.2, 0.25) is 5.91 Å². The van der Waals surface area contributed by atoms with Crippen LogP contribution in [0.25, 0.3) is 0 Å². The summed E-state index contributed by atoms with van der Waals surface area (Å²) < 4.78 is 5.46. The van der Waals surface area contributed by atoms with Gasteiger partial charge in [0.25, 0.3) is 0 Å². The Morgan fingerprint density at radius 2 is 2.00 bits per heavy atom. The average Bonchev–Trinajstić information content (AvgIpc) is 2.69. The molecule has 0 bridgehead atoms. The number of aliphatic imine (C=N–C) groups is 1. The average molecular weight is 518 g/mol. The predicted octanol–water partition coefficient (Wildman–Crippen LogP) is 1.86. The number of amides is 1. The second-order valence-electron chi connectivity index (χ2n) is 7.36. The normalized spacial score (nSPS) is 16.1. The van der Waals surface area contributed by atoms with Crippen molar-refractivity contribution in [1.82, 2.24) is 20.5 Å². The Morgan fingerprint density at radius 1 is 1.28 bits per heavy atom. The van der Waals surface area contributed by atoms with E-state index in [4.69, 9.17) is 4.74 Å². The fourth-order valence-corrected chi connectivity index (χ4v) is 3.16. The molecule has 2 heterocycles. The second kappa shape index (κ2) is 13.7. The van der Waals surface area contributed by atoms with Crippen molar-refractivity contribution < 1.29 is 9.53 Å². The van der Waals surface area contributed by atoms with E-state index in [2.05, 4.69) is 44.7 Å². The summed E-state index contributed by atoms with van der Waals surface area (Å²) in [5, 5.41) is 9.40. The molecule has 8 nitrogen and oxygen atoms in total. The van der Waals surface area contributed by atoms with E-state index in [9.17, 15) is 4.79 Å². The first kappa shape index (κ1) is 25.6. The highest BCUT2D eigenvalue weighted by molar-refractivity contribution is 14.0. The third-order valence-corrected chi connectivity index (χ3v) is 4.81. The van der Waals surface area contributed by atoms with E-state index in [1.807, 2.05) is 13.0 Å². The monoisotopic (exact) mass is 518 g/mol. The molecule has 0 aliphatic carbocycles. The van der Waals surface area contributed by atoms with Crippen LogP contribution >= 0.6 is 24.0 Å². The Bertz CT molecular complexity index is 632. The maximum Gasteiger partial charge on any atom is 0.227 e. The number of aryl methyl sites for hydroxylation is 1. The van der Waals surface area contributed by atoms with Gasteiger partial charge in [0, 0.05) is 51.9 Å². The number of carbonyl (C=O) groups is 1. The van der Waals surface area contributed by atoms with Gasteiger partial charge in [-0.1, -0.05) is 19.9 Å². The molecule has 29 heavy (non-hydrogen) atoms. The number of rotatable bonds is 8. The fraction of sp³-hybridized carbons (Fsp3) is 0.650. The summed E-state index contributed by atoms with van der Waals surface area (Å²) in [6.45, 7) is 11.3. The molecule has 1 unspecified atom stereocenters. The van der Waals surface area contributed by atoms with E-state index in [1.165, 1.54) is 0 Å². The highest BCUT2D eigenvalue weighted by Gasteiger charge is 2.23. The lowest BCUT2D eigenvalue weighted by molar-refractivity contribution is -0.116. The summed E-state index contributed by atoms with van der Waals surface area (Å²) in [6.07, 6.45) is 2.08. The maximum atomic E-state index is 12.1. The number of morpholine rings is 1. The number of ether oxygens (including phenoxy) is 1. The van der Waals surface area contributed by atoms with Crippen molar-refractivity contribution in [2.24, 2.45) is 10.9 Å². The van der Waals surface area contributed by atoms with Crippen LogP contribution in [0.15, 0.2) is 23.3 Å². The van der Waals surface area contributed by atoms with Crippen LogP contribution in [0.3, 0.4) is 0 Å². The van der Waals surface area contributed by atoms with Crippen LogP contribution in [-0.2, 0) is 9.53 Å². The van der Waals surface area contributed by atoms with Crippen LogP contribution in [0.1, 0.15) is 25.8 Å². The van der Waals surface area contributed by atoms with Gasteiger partial charge >= 0.3 is 0 Å². The molecular formula is C20H35IN6O2. The summed E-state index contributed by atoms with van der Waals surface area (Å²) in [5.74, 6) is 1.73. The smallest absolute Gasteiger partial charge is 0.227 e. The zero-order valence-electron chi connectivity index (χ0n) is 17.9. The third kappa shape index (κ3) is 9.26. The Morgan fingerprint density at radius 3 is 2.59 bits per heavy atom. The lowest BCUT2D eigenvalue weighted by Crippen LogP contribution is -2.52. The molecule has 1 aromatic rings. The van der Waals surface area contributed by atoms with Gasteiger partial charge in [-0.05, 0) is 24.5 Å². The van der Waals surface area contributed by atoms with Crippen molar-refractivity contribution >= 4 is 41.7 Å². The third-order valence-electron chi connectivity index (χ3n) is 4.81. The molecule has 164 valence electrons. The molecule has 1 aromatic heterocycles. The molecule has 0 aromatic carbocycles. The molecule has 1 aliphatic rings. The molecule has 9 heteroatoms. The number of pyridine rings is 1. The van der Waals surface area contributed by atoms with Crippen molar-refractivity contribution in [1.29, 1.82) is 0 Å². The quantitative estimate of drug-likeness (QED) is 0.277. The van der Waals surface area contributed by atoms with Gasteiger partial charge in [-0.15, -0.1) is 24.0 Å². The molecule has 3 N–H and O–H groups in total. The lowest BCUT2D eigenvalue weighted by atomic mass is 10.0. The van der Waals surface area contributed by atoms with Crippen LogP contribution in [0.5, 0.6) is 0 Å². The summed E-state index contributed by atoms with van der Waals surface area (Å²) in [4.78, 5) is 23.0. The lowest BCUT2D eigenvalue weighted by Gasteiger charge is -2.37. The van der Waals surface area contributed by atoms with Crippen LogP contribution in [0, 0.1) is 12.8 Å². The Kier molecular flexibility index (Phi) is 12.1. The largest absolute Gasteiger partial charge is 0.379 e. The Hall–Kier alpha value is -1.46. The molecule has 2 rings (SSSR count). The van der Waals surface area contributed by atoms with Gasteiger partial charge in [0.1, 0.15) is 5.82 Å². The van der Waals surface area contributed by atoms with Crippen molar-refractivity contribution in [3.05, 3.63) is 23.9 Å². The zero-order valence-corrected chi connectivity index (χ0v) is 20.2. The van der Waals surface area contributed by atoms with E-state index in [-0.39, 0.29) is 29.9 Å². The predicted molar refractivity (Wildman–Crippen MR) is 128 cm³/mol. The molecule has 0 saturated carbocycles. The van der Waals surface area contributed by atoms with Gasteiger partial charge in [-0.3, -0.25) is 14.7 Å². The molecule has 0 spiro atoms. The van der Waals surface area contributed by atoms with Crippen molar-refractivity contribution in [3.63, 3.8) is 0 Å². The number of hydrogen-bond donors (Lipinski definition) is 3. The number of hydrogen-bond acceptors (Lipinski definition) is 5. The zero-order chi connectivity index (χ0) is 20.4. The number of carbonyl (C=O) groups excluding carboxylic acids is 1. The topological polar surface area (TPSA) is 90.9 Å². The second-order valence-corrected chi connectivity index (χ2v) is 7.36. The number of anilines is 1. The van der Waals surface area contributed by atoms with E-state index >= 15 is 0 Å². The molecule has 1 aliphatic heterocycles. The Labute approximate surface area is 191 Å². The first-order chi connectivity index (χ1) is 13.5. The fourth-order valence-electron chi connectivity index (χ4n) is 3.16. The molecule has 1 saturated heterocycles. The van der Waals surface area contributed by atoms with E-state index in [1.54, 1.807) is 19.3 Å². The molecule has 1 fully saturated rings. The first-order valence-electron chi connectivity index (χ1n) is 9.98. The van der Waals surface area contributed by atoms with Crippen LogP contribution in [-0.4, -0.2) is 74.2 Å². The van der Waals surface area contributed by atoms with Gasteiger partial charge in [0.05, 0.1) is 13.2 Å². The van der Waals surface area contributed by atoms with E-state index in [0.29, 0.717) is 36.7 Å². The number of nitrogens with one attached hydrogen (secondary N) is 3. The molecular weight excluding hydrogens is 483 g/mol. The highest BCUT2D eigenvalue weighted by Crippen LogP contribution is 2.12. The van der Waals surface area contributed by atoms with Crippen molar-refractivity contribution in [3.8, 4) is 0 Å². The molecule has 1 atom stereocenters. The number of guanidine groups is 1. The summed E-state index contributed by atoms with van der Waals surface area (Å²) >= 11 is 0. The Balaban J connectivity index is 0.00000420. The summed E-state index contributed by atoms with van der Waals surface area (Å²) in [6, 6.07) is 4.14. The minimum Gasteiger partial charge on any atom is -0.379 e. The van der Waals surface area contributed by atoms with Crippen molar-refractivity contribution in [2.45, 2.75) is 33.2 Å². The molecule has 0 radical (unpaired) electrons. The summed E-state index contributed by atoms with van der Waals surface area (Å²) in [5.41, 5.74) is 1.06. The SMILES string of the molecule is CN=C(NCCC(=O)Nc1ccc(C)cn1)NCC(C(C)C)N1CCOCC1.I. The standard InChI is InChI=1S/C20H34N6O2.HI/c1-15(2)17(26-9-11-28-12-10-26)14-24-20(21-4)22-8-7-19(27)25-18-6-5-16(3)13-23-18;/h5-6,13,15,17H,7-12,14H2,1-4H3,(H2,21,22,24)(H,23,25,27);1H. The van der Waals surface area contributed by atoms with Gasteiger partial charge in [-0.25, -0.2) is 4.98 Å². The van der Waals surface area contributed by atoms with Crippen molar-refractivity contribution in [2.75, 3.05) is 51.8 Å². The van der Waals surface area contributed by atoms with Crippen LogP contribution < -0.4 is 16.0 Å². The van der Waals surface area contributed by atoms with E-state index in [0.717, 1.165) is 38.4 Å². The minimum atomic E-state index is -0.0762. The van der Waals surface area contributed by atoms with Gasteiger partial charge in [0.15, 0.2) is 5.96 Å². The first-order valence-corrected chi connectivity index (χ1v) is 9.98. The summed E-state index contributed by atoms with van der Waals surface area (Å²) in [7, 11) is 1.74. The van der Waals surface area contributed by atoms with Crippen LogP contribution in [0.2, 0.25) is 0 Å². The van der Waals surface area contributed by atoms with E-state index < -0.39 is 0 Å². The van der Waals surface area contributed by atoms with Gasteiger partial charge < -0.3 is 20.7 Å². The number of halogens is 1. The highest BCUT2D eigenvalue weighted by atomic mass is 127. The number of aromatic nitrogens is 1. The molecule has 1 amide bonds. The minimum absolute atomic E-state index is 0. The number of nitrogens with zero attached hydrogens (tertiary/aromatic N) is 3. The maximum absolute atomic E-state index is 12.1. The van der Waals surface area contributed by atoms with Gasteiger partial charge in [-0.2, -0.15) is 0 Å². The van der Waals surface area contributed by atoms with Crippen LogP contribution in [0.4, 0.5) is 5.82 Å².